The number of nitrogens with two attached hydrogens (primary N) is 1. The van der Waals surface area contributed by atoms with Crippen LogP contribution in [-0.2, 0) is 4.79 Å². The van der Waals surface area contributed by atoms with Crippen LogP contribution in [0.5, 0.6) is 23.0 Å². The van der Waals surface area contributed by atoms with Gasteiger partial charge in [0.25, 0.3) is 0 Å². The van der Waals surface area contributed by atoms with Crippen molar-refractivity contribution >= 4 is 5.97 Å². The molecule has 0 spiro atoms. The molecule has 4 rings (SSSR count). The van der Waals surface area contributed by atoms with E-state index in [0.717, 1.165) is 17.5 Å². The molecule has 0 saturated carbocycles. The summed E-state index contributed by atoms with van der Waals surface area (Å²) in [6.45, 7) is 8.44. The second-order valence-electron chi connectivity index (χ2n) is 9.42. The van der Waals surface area contributed by atoms with Gasteiger partial charge in [-0.1, -0.05) is 57.2 Å². The molecular formula is C31H32N2O5. The first kappa shape index (κ1) is 26.6. The fraction of sp³-hybridized carbons (Fsp3) is 0.290. The highest BCUT2D eigenvalue weighted by molar-refractivity contribution is 5.77. The molecule has 1 heterocycles. The maximum absolute atomic E-state index is 12.8. The maximum Gasteiger partial charge on any atom is 0.352 e. The van der Waals surface area contributed by atoms with Gasteiger partial charge in [0, 0.05) is 17.2 Å². The van der Waals surface area contributed by atoms with Gasteiger partial charge in [-0.2, -0.15) is 5.26 Å². The van der Waals surface area contributed by atoms with Crippen molar-refractivity contribution in [2.75, 3.05) is 6.61 Å². The standard InChI is InChI=1S/C31H32N2O5/c1-5-16-35-27-9-7-6-8-24(27)29-25-15-14-23(17-28(25)38-30(33)26(29)18-32)37-31(34)20(4)36-22-12-10-21(11-13-22)19(2)3/h6-15,17,19-20,29H,5,16,33H2,1-4H3. The second kappa shape index (κ2) is 11.7. The predicted molar refractivity (Wildman–Crippen MR) is 144 cm³/mol. The Morgan fingerprint density at radius 1 is 1.03 bits per heavy atom. The average Bonchev–Trinajstić information content (AvgIpc) is 2.91. The largest absolute Gasteiger partial charge is 0.493 e. The number of carbonyl (C=O) groups is 1. The van der Waals surface area contributed by atoms with Crippen LogP contribution in [0.2, 0.25) is 0 Å². The lowest BCUT2D eigenvalue weighted by atomic mass is 9.83. The first-order chi connectivity index (χ1) is 18.3. The predicted octanol–water partition coefficient (Wildman–Crippen LogP) is 6.19. The van der Waals surface area contributed by atoms with E-state index in [1.807, 2.05) is 55.5 Å². The number of nitrogens with zero attached hydrogens (tertiary/aromatic N) is 1. The van der Waals surface area contributed by atoms with Gasteiger partial charge in [0.2, 0.25) is 5.88 Å². The molecule has 7 heteroatoms. The number of nitriles is 1. The third-order valence-electron chi connectivity index (χ3n) is 6.29. The Morgan fingerprint density at radius 3 is 2.42 bits per heavy atom. The highest BCUT2D eigenvalue weighted by Gasteiger charge is 2.33. The first-order valence-corrected chi connectivity index (χ1v) is 12.7. The lowest BCUT2D eigenvalue weighted by molar-refractivity contribution is -0.141. The number of fused-ring (bicyclic) bond motifs is 1. The minimum absolute atomic E-state index is 0.000294. The molecule has 2 atom stereocenters. The van der Waals surface area contributed by atoms with Crippen molar-refractivity contribution in [1.82, 2.24) is 0 Å². The Hall–Kier alpha value is -4.44. The van der Waals surface area contributed by atoms with Gasteiger partial charge < -0.3 is 24.7 Å². The van der Waals surface area contributed by atoms with Crippen LogP contribution < -0.4 is 24.7 Å². The van der Waals surface area contributed by atoms with E-state index in [9.17, 15) is 10.1 Å². The van der Waals surface area contributed by atoms with Crippen molar-refractivity contribution in [1.29, 1.82) is 5.26 Å². The zero-order valence-corrected chi connectivity index (χ0v) is 22.1. The van der Waals surface area contributed by atoms with Crippen LogP contribution in [0.15, 0.2) is 78.2 Å². The summed E-state index contributed by atoms with van der Waals surface area (Å²) in [5.74, 6) is 1.31. The molecule has 196 valence electrons. The number of esters is 1. The molecule has 2 unspecified atom stereocenters. The van der Waals surface area contributed by atoms with Crippen LogP contribution in [0.3, 0.4) is 0 Å². The van der Waals surface area contributed by atoms with Gasteiger partial charge in [0.1, 0.15) is 34.6 Å². The van der Waals surface area contributed by atoms with Crippen molar-refractivity contribution in [2.24, 2.45) is 5.73 Å². The quantitative estimate of drug-likeness (QED) is 0.269. The van der Waals surface area contributed by atoms with Crippen LogP contribution in [0.25, 0.3) is 0 Å². The van der Waals surface area contributed by atoms with E-state index in [2.05, 4.69) is 19.9 Å². The highest BCUT2D eigenvalue weighted by atomic mass is 16.6. The number of hydrogen-bond acceptors (Lipinski definition) is 7. The van der Waals surface area contributed by atoms with Gasteiger partial charge in [-0.3, -0.25) is 0 Å². The smallest absolute Gasteiger partial charge is 0.352 e. The van der Waals surface area contributed by atoms with Gasteiger partial charge in [0.05, 0.1) is 12.5 Å². The fourth-order valence-electron chi connectivity index (χ4n) is 4.26. The summed E-state index contributed by atoms with van der Waals surface area (Å²) in [7, 11) is 0. The molecule has 1 aliphatic rings. The van der Waals surface area contributed by atoms with Crippen LogP contribution in [0, 0.1) is 11.3 Å². The van der Waals surface area contributed by atoms with E-state index < -0.39 is 18.0 Å². The molecule has 0 radical (unpaired) electrons. The number of rotatable bonds is 9. The van der Waals surface area contributed by atoms with E-state index >= 15 is 0 Å². The summed E-state index contributed by atoms with van der Waals surface area (Å²) in [5.41, 5.74) is 9.17. The third kappa shape index (κ3) is 5.76. The van der Waals surface area contributed by atoms with Crippen molar-refractivity contribution in [3.63, 3.8) is 0 Å². The highest BCUT2D eigenvalue weighted by Crippen LogP contribution is 2.45. The van der Waals surface area contributed by atoms with E-state index in [0.29, 0.717) is 35.3 Å². The van der Waals surface area contributed by atoms with E-state index in [-0.39, 0.29) is 11.6 Å². The van der Waals surface area contributed by atoms with E-state index in [1.165, 1.54) is 5.56 Å². The van der Waals surface area contributed by atoms with Crippen molar-refractivity contribution in [2.45, 2.75) is 52.1 Å². The minimum atomic E-state index is -0.831. The van der Waals surface area contributed by atoms with Crippen molar-refractivity contribution in [3.05, 3.63) is 94.9 Å². The molecule has 3 aromatic rings. The Bertz CT molecular complexity index is 1370. The number of hydrogen-bond donors (Lipinski definition) is 1. The minimum Gasteiger partial charge on any atom is -0.493 e. The summed E-state index contributed by atoms with van der Waals surface area (Å²) in [5, 5.41) is 9.89. The summed E-state index contributed by atoms with van der Waals surface area (Å²) in [4.78, 5) is 12.8. The van der Waals surface area contributed by atoms with Gasteiger partial charge in [-0.05, 0) is 49.1 Å². The molecule has 38 heavy (non-hydrogen) atoms. The van der Waals surface area contributed by atoms with Crippen LogP contribution in [0.1, 0.15) is 62.6 Å². The molecule has 2 N–H and O–H groups in total. The van der Waals surface area contributed by atoms with Crippen LogP contribution in [0.4, 0.5) is 0 Å². The number of allylic oxidation sites excluding steroid dienone is 1. The molecule has 1 aliphatic heterocycles. The fourth-order valence-corrected chi connectivity index (χ4v) is 4.26. The molecule has 0 bridgehead atoms. The monoisotopic (exact) mass is 512 g/mol. The van der Waals surface area contributed by atoms with Crippen LogP contribution >= 0.6 is 0 Å². The molecule has 0 saturated heterocycles. The van der Waals surface area contributed by atoms with E-state index in [4.69, 9.17) is 24.7 Å². The van der Waals surface area contributed by atoms with Gasteiger partial charge >= 0.3 is 5.97 Å². The summed E-state index contributed by atoms with van der Waals surface area (Å²) in [6.07, 6.45) is 0.0180. The molecule has 3 aromatic carbocycles. The zero-order valence-electron chi connectivity index (χ0n) is 22.1. The molecule has 0 aromatic heterocycles. The summed E-state index contributed by atoms with van der Waals surface area (Å²) < 4.78 is 23.1. The Balaban J connectivity index is 1.56. The molecule has 7 nitrogen and oxygen atoms in total. The maximum atomic E-state index is 12.8. The first-order valence-electron chi connectivity index (χ1n) is 12.7. The lowest BCUT2D eigenvalue weighted by Gasteiger charge is -2.28. The topological polar surface area (TPSA) is 104 Å². The molecule has 0 aliphatic carbocycles. The summed E-state index contributed by atoms with van der Waals surface area (Å²) >= 11 is 0. The van der Waals surface area contributed by atoms with Gasteiger partial charge in [-0.15, -0.1) is 0 Å². The normalized spacial score (nSPS) is 15.2. The Morgan fingerprint density at radius 2 is 1.74 bits per heavy atom. The van der Waals surface area contributed by atoms with Crippen LogP contribution in [-0.4, -0.2) is 18.7 Å². The number of benzene rings is 3. The molecule has 0 fully saturated rings. The Kier molecular flexibility index (Phi) is 8.22. The molecular weight excluding hydrogens is 480 g/mol. The van der Waals surface area contributed by atoms with Crippen molar-refractivity contribution < 1.29 is 23.7 Å². The molecule has 0 amide bonds. The SMILES string of the molecule is CCCOc1ccccc1C1C(C#N)=C(N)Oc2cc(OC(=O)C(C)Oc3ccc(C(C)C)cc3)ccc21. The lowest BCUT2D eigenvalue weighted by Crippen LogP contribution is -2.28. The van der Waals surface area contributed by atoms with Gasteiger partial charge in [0.15, 0.2) is 6.10 Å². The Labute approximate surface area is 223 Å². The second-order valence-corrected chi connectivity index (χ2v) is 9.42. The van der Waals surface area contributed by atoms with E-state index in [1.54, 1.807) is 25.1 Å². The van der Waals surface area contributed by atoms with Crippen molar-refractivity contribution in [3.8, 4) is 29.1 Å². The average molecular weight is 513 g/mol. The third-order valence-corrected chi connectivity index (χ3v) is 6.29. The zero-order chi connectivity index (χ0) is 27.2. The number of carbonyl (C=O) groups excluding carboxylic acids is 1. The number of para-hydroxylation sites is 1. The van der Waals surface area contributed by atoms with Gasteiger partial charge in [-0.25, -0.2) is 4.79 Å². The summed E-state index contributed by atoms with van der Waals surface area (Å²) in [6, 6.07) is 22.5. The number of ether oxygens (including phenoxy) is 4.